The number of nitrogens with zero attached hydrogens (tertiary/aromatic N) is 1. The van der Waals surface area contributed by atoms with Gasteiger partial charge in [-0.3, -0.25) is 0 Å². The van der Waals surface area contributed by atoms with Crippen LogP contribution in [0.5, 0.6) is 0 Å². The molecule has 0 saturated carbocycles. The highest BCUT2D eigenvalue weighted by Crippen LogP contribution is 2.25. The second kappa shape index (κ2) is 7.47. The summed E-state index contributed by atoms with van der Waals surface area (Å²) in [6.45, 7) is 0.325. The molecular weight excluding hydrogens is 352 g/mol. The number of sulfonamides is 1. The van der Waals surface area contributed by atoms with Gasteiger partial charge in [0.05, 0.1) is 12.3 Å². The van der Waals surface area contributed by atoms with Gasteiger partial charge in [0.25, 0.3) is 0 Å². The number of likely N-dealkylation sites (tertiary alicyclic amines) is 1. The lowest BCUT2D eigenvalue weighted by Gasteiger charge is -2.26. The van der Waals surface area contributed by atoms with E-state index in [4.69, 9.17) is 0 Å². The maximum Gasteiger partial charge on any atom is 0.407 e. The van der Waals surface area contributed by atoms with Gasteiger partial charge in [0.1, 0.15) is 0 Å². The first-order valence-electron chi connectivity index (χ1n) is 8.45. The predicted molar refractivity (Wildman–Crippen MR) is 100 cm³/mol. The lowest BCUT2D eigenvalue weighted by Crippen LogP contribution is -2.47. The number of rotatable bonds is 5. The van der Waals surface area contributed by atoms with Crippen molar-refractivity contribution >= 4 is 16.1 Å². The molecule has 6 nitrogen and oxygen atoms in total. The molecule has 1 saturated heterocycles. The minimum absolute atomic E-state index is 0.325. The van der Waals surface area contributed by atoms with Gasteiger partial charge in [0.15, 0.2) is 0 Å². The van der Waals surface area contributed by atoms with E-state index in [1.54, 1.807) is 0 Å². The van der Waals surface area contributed by atoms with E-state index in [0.717, 1.165) is 22.9 Å². The normalized spacial score (nSPS) is 20.3. The second-order valence-corrected chi connectivity index (χ2v) is 8.38. The van der Waals surface area contributed by atoms with Gasteiger partial charge in [-0.05, 0) is 29.5 Å². The van der Waals surface area contributed by atoms with Crippen LogP contribution >= 0.6 is 0 Å². The molecule has 1 aliphatic rings. The molecule has 1 fully saturated rings. The molecule has 0 aliphatic carbocycles. The molecule has 138 valence electrons. The fourth-order valence-electron chi connectivity index (χ4n) is 3.51. The van der Waals surface area contributed by atoms with Crippen LogP contribution in [-0.2, 0) is 16.4 Å². The summed E-state index contributed by atoms with van der Waals surface area (Å²) in [5, 5.41) is 9.46. The Hall–Kier alpha value is -2.38. The number of hydrogen-bond acceptors (Lipinski definition) is 3. The van der Waals surface area contributed by atoms with Crippen molar-refractivity contribution < 1.29 is 18.3 Å². The van der Waals surface area contributed by atoms with Crippen LogP contribution in [0.3, 0.4) is 0 Å². The van der Waals surface area contributed by atoms with Gasteiger partial charge in [-0.15, -0.1) is 0 Å². The lowest BCUT2D eigenvalue weighted by atomic mass is 9.97. The van der Waals surface area contributed by atoms with E-state index in [2.05, 4.69) is 4.72 Å². The molecule has 0 radical (unpaired) electrons. The molecule has 0 aromatic heterocycles. The largest absolute Gasteiger partial charge is 0.465 e. The molecule has 26 heavy (non-hydrogen) atoms. The van der Waals surface area contributed by atoms with E-state index in [0.29, 0.717) is 19.4 Å². The Morgan fingerprint density at radius 1 is 1.15 bits per heavy atom. The van der Waals surface area contributed by atoms with Crippen molar-refractivity contribution in [2.75, 3.05) is 12.8 Å². The average Bonchev–Trinajstić information content (AvgIpc) is 2.97. The van der Waals surface area contributed by atoms with Crippen LogP contribution in [0.2, 0.25) is 0 Å². The standard InChI is InChI=1S/C19H22N2O4S/c1-26(24,25)20-17-10-11-21(19(22)23)18(17)13-14-6-5-9-16(12-14)15-7-3-2-4-8-15/h2-9,12,17-18,20H,10-11,13H2,1H3,(H,22,23)/t17-,18-/m0/s1. The Bertz CT molecular complexity index is 883. The molecule has 1 amide bonds. The van der Waals surface area contributed by atoms with Crippen molar-refractivity contribution in [3.8, 4) is 11.1 Å². The molecule has 0 unspecified atom stereocenters. The molecule has 3 rings (SSSR count). The third-order valence-electron chi connectivity index (χ3n) is 4.64. The van der Waals surface area contributed by atoms with Gasteiger partial charge in [-0.25, -0.2) is 17.9 Å². The van der Waals surface area contributed by atoms with Crippen molar-refractivity contribution in [2.45, 2.75) is 24.9 Å². The fraction of sp³-hybridized carbons (Fsp3) is 0.316. The van der Waals surface area contributed by atoms with Gasteiger partial charge >= 0.3 is 6.09 Å². The zero-order valence-corrected chi connectivity index (χ0v) is 15.3. The Balaban J connectivity index is 1.85. The molecule has 2 N–H and O–H groups in total. The van der Waals surface area contributed by atoms with Gasteiger partial charge in [0.2, 0.25) is 10.0 Å². The van der Waals surface area contributed by atoms with Gasteiger partial charge < -0.3 is 10.0 Å². The molecule has 0 bridgehead atoms. The number of carboxylic acid groups (broad SMARTS) is 1. The maximum absolute atomic E-state index is 11.6. The summed E-state index contributed by atoms with van der Waals surface area (Å²) in [6, 6.07) is 17.0. The third-order valence-corrected chi connectivity index (χ3v) is 5.37. The summed E-state index contributed by atoms with van der Waals surface area (Å²) < 4.78 is 25.8. The third kappa shape index (κ3) is 4.42. The van der Waals surface area contributed by atoms with E-state index in [1.165, 1.54) is 4.90 Å². The van der Waals surface area contributed by atoms with Crippen molar-refractivity contribution in [2.24, 2.45) is 0 Å². The van der Waals surface area contributed by atoms with Crippen molar-refractivity contribution in [3.63, 3.8) is 0 Å². The number of carbonyl (C=O) groups is 1. The number of nitrogens with one attached hydrogen (secondary N) is 1. The molecule has 2 atom stereocenters. The Labute approximate surface area is 153 Å². The van der Waals surface area contributed by atoms with Crippen LogP contribution in [0.15, 0.2) is 54.6 Å². The summed E-state index contributed by atoms with van der Waals surface area (Å²) in [4.78, 5) is 12.9. The molecule has 7 heteroatoms. The molecule has 2 aromatic rings. The number of benzene rings is 2. The smallest absolute Gasteiger partial charge is 0.407 e. The maximum atomic E-state index is 11.6. The van der Waals surface area contributed by atoms with Crippen LogP contribution in [0.25, 0.3) is 11.1 Å². The van der Waals surface area contributed by atoms with E-state index < -0.39 is 28.2 Å². The number of amides is 1. The van der Waals surface area contributed by atoms with Gasteiger partial charge in [-0.2, -0.15) is 0 Å². The van der Waals surface area contributed by atoms with Crippen LogP contribution < -0.4 is 4.72 Å². The van der Waals surface area contributed by atoms with Crippen LogP contribution in [0, 0.1) is 0 Å². The van der Waals surface area contributed by atoms with E-state index >= 15 is 0 Å². The van der Waals surface area contributed by atoms with E-state index in [9.17, 15) is 18.3 Å². The Kier molecular flexibility index (Phi) is 5.29. The van der Waals surface area contributed by atoms with Crippen LogP contribution in [0.1, 0.15) is 12.0 Å². The summed E-state index contributed by atoms with van der Waals surface area (Å²) >= 11 is 0. The van der Waals surface area contributed by atoms with Crippen molar-refractivity contribution in [3.05, 3.63) is 60.2 Å². The Morgan fingerprint density at radius 2 is 1.85 bits per heavy atom. The molecule has 0 spiro atoms. The summed E-state index contributed by atoms with van der Waals surface area (Å²) in [5.41, 5.74) is 3.11. The topological polar surface area (TPSA) is 86.7 Å². The number of hydrogen-bond donors (Lipinski definition) is 2. The molecule has 2 aromatic carbocycles. The van der Waals surface area contributed by atoms with Gasteiger partial charge in [0, 0.05) is 12.6 Å². The summed E-state index contributed by atoms with van der Waals surface area (Å²) in [7, 11) is -3.40. The SMILES string of the molecule is CS(=O)(=O)N[C@H]1CCN(C(=O)O)[C@H]1Cc1cccc(-c2ccccc2)c1. The highest BCUT2D eigenvalue weighted by atomic mass is 32.2. The zero-order chi connectivity index (χ0) is 18.7. The highest BCUT2D eigenvalue weighted by molar-refractivity contribution is 7.88. The minimum atomic E-state index is -3.40. The quantitative estimate of drug-likeness (QED) is 0.842. The molecular formula is C19H22N2O4S. The van der Waals surface area contributed by atoms with E-state index in [-0.39, 0.29) is 0 Å². The minimum Gasteiger partial charge on any atom is -0.465 e. The average molecular weight is 374 g/mol. The zero-order valence-electron chi connectivity index (χ0n) is 14.5. The first-order valence-corrected chi connectivity index (χ1v) is 10.3. The predicted octanol–water partition coefficient (Wildman–Crippen LogP) is 2.57. The molecule has 1 aliphatic heterocycles. The van der Waals surface area contributed by atoms with Crippen LogP contribution in [0.4, 0.5) is 4.79 Å². The fourth-order valence-corrected chi connectivity index (χ4v) is 4.33. The monoisotopic (exact) mass is 374 g/mol. The first-order chi connectivity index (χ1) is 12.3. The first kappa shape index (κ1) is 18.4. The summed E-state index contributed by atoms with van der Waals surface area (Å²) in [6.07, 6.45) is 1.01. The van der Waals surface area contributed by atoms with Crippen LogP contribution in [-0.4, -0.2) is 49.4 Å². The summed E-state index contributed by atoms with van der Waals surface area (Å²) in [5.74, 6) is 0. The molecule has 1 heterocycles. The van der Waals surface area contributed by atoms with E-state index in [1.807, 2.05) is 54.6 Å². The highest BCUT2D eigenvalue weighted by Gasteiger charge is 2.38. The lowest BCUT2D eigenvalue weighted by molar-refractivity contribution is 0.137. The Morgan fingerprint density at radius 3 is 2.50 bits per heavy atom. The second-order valence-electron chi connectivity index (χ2n) is 6.60. The van der Waals surface area contributed by atoms with Gasteiger partial charge in [-0.1, -0.05) is 54.6 Å². The van der Waals surface area contributed by atoms with Crippen molar-refractivity contribution in [1.82, 2.24) is 9.62 Å². The van der Waals surface area contributed by atoms with Crippen molar-refractivity contribution in [1.29, 1.82) is 0 Å².